The van der Waals surface area contributed by atoms with E-state index < -0.39 is 0 Å². The summed E-state index contributed by atoms with van der Waals surface area (Å²) in [5.41, 5.74) is 12.3. The monoisotopic (exact) mass is 462 g/mol. The summed E-state index contributed by atoms with van der Waals surface area (Å²) in [5, 5.41) is 0. The second-order valence-electron chi connectivity index (χ2n) is 8.97. The summed E-state index contributed by atoms with van der Waals surface area (Å²) in [7, 11) is 0. The maximum Gasteiger partial charge on any atom is 0.0658 e. The number of rotatable bonds is 2. The van der Waals surface area contributed by atoms with E-state index in [-0.39, 0.29) is 0 Å². The Kier molecular flexibility index (Phi) is 4.74. The number of benzene rings is 2. The van der Waals surface area contributed by atoms with E-state index in [9.17, 15) is 0 Å². The van der Waals surface area contributed by atoms with Crippen LogP contribution in [0.3, 0.4) is 0 Å². The Morgan fingerprint density at radius 1 is 0.417 bits per heavy atom. The van der Waals surface area contributed by atoms with E-state index in [0.29, 0.717) is 0 Å². The quantitative estimate of drug-likeness (QED) is 0.273. The van der Waals surface area contributed by atoms with E-state index in [1.165, 1.54) is 0 Å². The van der Waals surface area contributed by atoms with Gasteiger partial charge < -0.3 is 9.97 Å². The van der Waals surface area contributed by atoms with Gasteiger partial charge in [0, 0.05) is 33.2 Å². The van der Waals surface area contributed by atoms with Crippen molar-refractivity contribution >= 4 is 46.4 Å². The van der Waals surface area contributed by atoms with Crippen LogP contribution in [0.15, 0.2) is 97.1 Å². The van der Waals surface area contributed by atoms with Crippen molar-refractivity contribution in [2.24, 2.45) is 0 Å². The van der Waals surface area contributed by atoms with Crippen molar-refractivity contribution in [3.8, 4) is 22.3 Å². The lowest BCUT2D eigenvalue weighted by atomic mass is 9.96. The third-order valence-electron chi connectivity index (χ3n) is 6.47. The largest absolute Gasteiger partial charge is 0.355 e. The molecule has 0 saturated carbocycles. The highest BCUT2D eigenvalue weighted by atomic mass is 14.8. The van der Waals surface area contributed by atoms with Gasteiger partial charge in [0.05, 0.1) is 22.8 Å². The lowest BCUT2D eigenvalue weighted by Crippen LogP contribution is -1.82. The lowest BCUT2D eigenvalue weighted by molar-refractivity contribution is 1.31. The summed E-state index contributed by atoms with van der Waals surface area (Å²) >= 11 is 0. The van der Waals surface area contributed by atoms with Gasteiger partial charge in [-0.2, -0.15) is 0 Å². The average Bonchev–Trinajstić information content (AvgIpc) is 3.70. The molecule has 0 aliphatic carbocycles. The molecule has 7 rings (SSSR count). The Hall–Kier alpha value is -4.96. The van der Waals surface area contributed by atoms with Gasteiger partial charge in [-0.3, -0.25) is 0 Å². The van der Waals surface area contributed by atoms with Crippen molar-refractivity contribution in [1.29, 1.82) is 0 Å². The normalized spacial score (nSPS) is 12.2. The van der Waals surface area contributed by atoms with Crippen molar-refractivity contribution in [2.75, 3.05) is 0 Å². The lowest BCUT2D eigenvalue weighted by Gasteiger charge is -2.06. The molecule has 4 nitrogen and oxygen atoms in total. The Morgan fingerprint density at radius 2 is 0.833 bits per heavy atom. The first-order chi connectivity index (χ1) is 17.8. The molecule has 4 heteroatoms. The minimum absolute atomic E-state index is 0.907. The van der Waals surface area contributed by atoms with Crippen molar-refractivity contribution < 1.29 is 0 Å². The van der Waals surface area contributed by atoms with E-state index in [2.05, 4.69) is 131 Å². The van der Waals surface area contributed by atoms with E-state index in [1.807, 2.05) is 0 Å². The average molecular weight is 463 g/mol. The summed E-state index contributed by atoms with van der Waals surface area (Å²) in [6, 6.07) is 33.6. The highest BCUT2D eigenvalue weighted by molar-refractivity contribution is 6.03. The first-order valence-electron chi connectivity index (χ1n) is 12.0. The third-order valence-corrected chi connectivity index (χ3v) is 6.47. The summed E-state index contributed by atoms with van der Waals surface area (Å²) in [6.07, 6.45) is 8.22. The smallest absolute Gasteiger partial charge is 0.0658 e. The molecular weight excluding hydrogens is 440 g/mol. The minimum atomic E-state index is 0.907. The van der Waals surface area contributed by atoms with E-state index >= 15 is 0 Å². The van der Waals surface area contributed by atoms with E-state index in [1.54, 1.807) is 0 Å². The Bertz CT molecular complexity index is 1690. The molecule has 0 spiro atoms. The van der Waals surface area contributed by atoms with Gasteiger partial charge in [-0.1, -0.05) is 60.7 Å². The molecule has 3 aromatic heterocycles. The van der Waals surface area contributed by atoms with Gasteiger partial charge in [0.2, 0.25) is 0 Å². The fourth-order valence-electron chi connectivity index (χ4n) is 4.89. The van der Waals surface area contributed by atoms with E-state index in [0.717, 1.165) is 67.1 Å². The van der Waals surface area contributed by atoms with Gasteiger partial charge >= 0.3 is 0 Å². The van der Waals surface area contributed by atoms with Gasteiger partial charge in [-0.05, 0) is 71.8 Å². The second kappa shape index (κ2) is 8.36. The molecule has 5 heterocycles. The van der Waals surface area contributed by atoms with E-state index in [4.69, 9.17) is 9.97 Å². The van der Waals surface area contributed by atoms with Crippen LogP contribution in [0.1, 0.15) is 22.8 Å². The molecule has 0 amide bonds. The van der Waals surface area contributed by atoms with Crippen LogP contribution in [0.4, 0.5) is 0 Å². The molecule has 2 aromatic carbocycles. The van der Waals surface area contributed by atoms with Crippen molar-refractivity contribution in [1.82, 2.24) is 19.9 Å². The predicted octanol–water partition coefficient (Wildman–Crippen LogP) is 7.99. The summed E-state index contributed by atoms with van der Waals surface area (Å²) in [5.74, 6) is 0. The van der Waals surface area contributed by atoms with Gasteiger partial charge in [-0.25, -0.2) is 9.97 Å². The molecule has 2 N–H and O–H groups in total. The summed E-state index contributed by atoms with van der Waals surface area (Å²) in [4.78, 5) is 16.9. The molecule has 0 saturated heterocycles. The summed E-state index contributed by atoms with van der Waals surface area (Å²) < 4.78 is 0. The number of fused-ring (bicyclic) bond motifs is 8. The number of hydrogen-bond acceptors (Lipinski definition) is 2. The third kappa shape index (κ3) is 3.75. The van der Waals surface area contributed by atoms with Gasteiger partial charge in [0.1, 0.15) is 0 Å². The predicted molar refractivity (Wildman–Crippen MR) is 150 cm³/mol. The molecule has 2 aliphatic rings. The van der Waals surface area contributed by atoms with Crippen LogP contribution in [0.25, 0.3) is 68.6 Å². The van der Waals surface area contributed by atoms with Crippen LogP contribution >= 0.6 is 0 Å². The minimum Gasteiger partial charge on any atom is -0.355 e. The first-order valence-corrected chi connectivity index (χ1v) is 12.0. The van der Waals surface area contributed by atoms with Crippen LogP contribution in [0, 0.1) is 0 Å². The van der Waals surface area contributed by atoms with Crippen molar-refractivity contribution in [3.05, 3.63) is 120 Å². The van der Waals surface area contributed by atoms with Crippen LogP contribution in [-0.2, 0) is 0 Å². The highest BCUT2D eigenvalue weighted by Gasteiger charge is 2.16. The fraction of sp³-hybridized carbons (Fsp3) is 0. The van der Waals surface area contributed by atoms with Crippen molar-refractivity contribution in [3.63, 3.8) is 0 Å². The topological polar surface area (TPSA) is 57.4 Å². The highest BCUT2D eigenvalue weighted by Crippen LogP contribution is 2.39. The number of aromatic amines is 2. The van der Waals surface area contributed by atoms with Gasteiger partial charge in [0.25, 0.3) is 0 Å². The summed E-state index contributed by atoms with van der Waals surface area (Å²) in [6.45, 7) is 0. The zero-order valence-corrected chi connectivity index (χ0v) is 19.4. The zero-order valence-electron chi connectivity index (χ0n) is 19.4. The van der Waals surface area contributed by atoms with Crippen LogP contribution < -0.4 is 0 Å². The van der Waals surface area contributed by atoms with Crippen LogP contribution in [0.5, 0.6) is 0 Å². The number of nitrogens with one attached hydrogen (secondary N) is 2. The van der Waals surface area contributed by atoms with Gasteiger partial charge in [0.15, 0.2) is 0 Å². The van der Waals surface area contributed by atoms with Crippen LogP contribution in [0.2, 0.25) is 0 Å². The standard InChI is InChI=1S/C32H22N4/c1-3-7-21(8-4-1)31-29-19-27-15-13-25(34-27)17-23-11-12-24(33-23)18-26-14-16-28(35-26)20-30(36-29)32(31)22-9-5-2-6-10-22/h1-20,33,36H. The molecule has 0 radical (unpaired) electrons. The number of hydrogen-bond donors (Lipinski definition) is 2. The number of nitrogens with zero attached hydrogens (tertiary/aromatic N) is 2. The molecule has 0 unspecified atom stereocenters. The first kappa shape index (κ1) is 20.4. The molecule has 36 heavy (non-hydrogen) atoms. The Morgan fingerprint density at radius 3 is 1.28 bits per heavy atom. The zero-order chi connectivity index (χ0) is 23.9. The second-order valence-corrected chi connectivity index (χ2v) is 8.97. The molecule has 8 bridgehead atoms. The Balaban J connectivity index is 1.64. The maximum absolute atomic E-state index is 4.87. The molecule has 2 aliphatic heterocycles. The molecule has 0 fully saturated rings. The molecule has 5 aromatic rings. The maximum atomic E-state index is 4.87. The van der Waals surface area contributed by atoms with Gasteiger partial charge in [-0.15, -0.1) is 0 Å². The van der Waals surface area contributed by atoms with Crippen molar-refractivity contribution in [2.45, 2.75) is 0 Å². The number of aromatic nitrogens is 4. The molecule has 170 valence electrons. The SMILES string of the molecule is C1=Cc2cc3[nH]c(cc4nc(cc5ccc(cc1n2)[nH]5)C=C4)c(-c1ccccc1)c3-c1ccccc1. The fourth-order valence-corrected chi connectivity index (χ4v) is 4.89. The number of H-pyrrole nitrogens is 2. The molecule has 0 atom stereocenters. The Labute approximate surface area is 208 Å². The van der Waals surface area contributed by atoms with Crippen LogP contribution in [-0.4, -0.2) is 19.9 Å². The molecular formula is C32H22N4.